The Hall–Kier alpha value is -1.73. The Labute approximate surface area is 107 Å². The molecule has 0 unspecified atom stereocenters. The first-order chi connectivity index (χ1) is 8.25. The number of nitrogens with one attached hydrogen (secondary N) is 1. The molecule has 17 heavy (non-hydrogen) atoms. The topological polar surface area (TPSA) is 12.0 Å². The highest BCUT2D eigenvalue weighted by Gasteiger charge is 2.10. The highest BCUT2D eigenvalue weighted by atomic mass is 35.5. The first kappa shape index (κ1) is 11.7. The minimum atomic E-state index is 0.794. The summed E-state index contributed by atoms with van der Waals surface area (Å²) in [6.07, 6.45) is 0.982. The van der Waals surface area contributed by atoms with Crippen molar-refractivity contribution in [3.05, 3.63) is 77.5 Å². The fourth-order valence-corrected chi connectivity index (χ4v) is 1.82. The van der Waals surface area contributed by atoms with Gasteiger partial charge >= 0.3 is 0 Å². The maximum atomic E-state index is 5.54. The molecule has 2 heteroatoms. The Bertz CT molecular complexity index is 478. The Morgan fingerprint density at radius 2 is 1.59 bits per heavy atom. The van der Waals surface area contributed by atoms with Gasteiger partial charge in [0.05, 0.1) is 0 Å². The van der Waals surface area contributed by atoms with E-state index >= 15 is 0 Å². The number of hydrogen-bond donors (Lipinski definition) is 1. The van der Waals surface area contributed by atoms with E-state index in [4.69, 9.17) is 11.6 Å². The second-order valence-electron chi connectivity index (χ2n) is 3.86. The summed E-state index contributed by atoms with van der Waals surface area (Å²) in [5, 5.41) is 4.00. The van der Waals surface area contributed by atoms with Crippen molar-refractivity contribution in [1.82, 2.24) is 0 Å². The van der Waals surface area contributed by atoms with Crippen molar-refractivity contribution in [2.45, 2.75) is 6.42 Å². The summed E-state index contributed by atoms with van der Waals surface area (Å²) >= 11 is 5.54. The number of benzene rings is 2. The molecule has 0 bridgehead atoms. The highest BCUT2D eigenvalue weighted by molar-refractivity contribution is 6.30. The van der Waals surface area contributed by atoms with Gasteiger partial charge in [-0.3, -0.25) is 0 Å². The molecule has 1 aliphatic heterocycles. The van der Waals surface area contributed by atoms with E-state index in [2.05, 4.69) is 30.1 Å². The van der Waals surface area contributed by atoms with Crippen molar-refractivity contribution in [3.8, 4) is 0 Å². The van der Waals surface area contributed by atoms with Crippen LogP contribution in [0.2, 0.25) is 5.02 Å². The third kappa shape index (κ3) is 3.36. The molecule has 0 amide bonds. The van der Waals surface area contributed by atoms with Crippen LogP contribution in [-0.2, 0) is 6.42 Å². The zero-order chi connectivity index (χ0) is 12.1. The van der Waals surface area contributed by atoms with Gasteiger partial charge in [0.1, 0.15) is 0 Å². The molecule has 86 valence electrons. The van der Waals surface area contributed by atoms with Crippen molar-refractivity contribution in [3.63, 3.8) is 0 Å². The number of rotatable bonds is 0. The van der Waals surface area contributed by atoms with Gasteiger partial charge < -0.3 is 5.32 Å². The van der Waals surface area contributed by atoms with Gasteiger partial charge in [-0.1, -0.05) is 54.6 Å². The van der Waals surface area contributed by atoms with Crippen molar-refractivity contribution >= 4 is 17.3 Å². The van der Waals surface area contributed by atoms with Crippen LogP contribution in [0, 0.1) is 0 Å². The molecule has 2 aromatic carbocycles. The Morgan fingerprint density at radius 1 is 0.941 bits per heavy atom. The molecule has 1 N–H and O–H groups in total. The molecule has 2 aromatic rings. The first-order valence-corrected chi connectivity index (χ1v) is 5.87. The van der Waals surface area contributed by atoms with Crippen molar-refractivity contribution in [1.29, 1.82) is 0 Å². The molecule has 0 spiro atoms. The van der Waals surface area contributed by atoms with Crippen LogP contribution < -0.4 is 5.32 Å². The standard InChI is InChI=1S/C9H9N.C6H5Cl/c1-7-6-8-4-2-3-5-9(8)10-7;7-6-4-2-1-3-5-6/h2-5,10H,1,6H2;1-5H. The summed E-state index contributed by atoms with van der Waals surface area (Å²) < 4.78 is 0. The first-order valence-electron chi connectivity index (χ1n) is 5.49. The predicted molar refractivity (Wildman–Crippen MR) is 74.4 cm³/mol. The number of halogens is 1. The van der Waals surface area contributed by atoms with E-state index in [0.717, 1.165) is 17.1 Å². The molecule has 1 aliphatic rings. The Balaban J connectivity index is 0.000000136. The average Bonchev–Trinajstić information content (AvgIpc) is 2.71. The van der Waals surface area contributed by atoms with Crippen molar-refractivity contribution in [2.75, 3.05) is 5.32 Å². The summed E-state index contributed by atoms with van der Waals surface area (Å²) in [5.41, 5.74) is 3.67. The molecular formula is C15H14ClN. The number of hydrogen-bond acceptors (Lipinski definition) is 1. The quantitative estimate of drug-likeness (QED) is 0.718. The summed E-state index contributed by atoms with van der Waals surface area (Å²) in [6, 6.07) is 17.7. The van der Waals surface area contributed by atoms with Gasteiger partial charge in [-0.05, 0) is 23.8 Å². The van der Waals surface area contributed by atoms with E-state index in [0.29, 0.717) is 0 Å². The summed E-state index contributed by atoms with van der Waals surface area (Å²) in [7, 11) is 0. The molecule has 3 rings (SSSR count). The third-order valence-electron chi connectivity index (χ3n) is 2.47. The lowest BCUT2D eigenvalue weighted by Gasteiger charge is -1.95. The van der Waals surface area contributed by atoms with E-state index in [1.165, 1.54) is 11.3 Å². The van der Waals surface area contributed by atoms with Gasteiger partial charge in [0.2, 0.25) is 0 Å². The highest BCUT2D eigenvalue weighted by Crippen LogP contribution is 2.25. The van der Waals surface area contributed by atoms with Crippen LogP contribution in [-0.4, -0.2) is 0 Å². The second kappa shape index (κ2) is 5.55. The monoisotopic (exact) mass is 243 g/mol. The van der Waals surface area contributed by atoms with Crippen molar-refractivity contribution in [2.24, 2.45) is 0 Å². The van der Waals surface area contributed by atoms with Gasteiger partial charge in [-0.25, -0.2) is 0 Å². The number of para-hydroxylation sites is 1. The van der Waals surface area contributed by atoms with Crippen LogP contribution in [0.4, 0.5) is 5.69 Å². The van der Waals surface area contributed by atoms with Crippen LogP contribution in [0.15, 0.2) is 66.9 Å². The van der Waals surface area contributed by atoms with Gasteiger partial charge in [0, 0.05) is 22.8 Å². The van der Waals surface area contributed by atoms with Gasteiger partial charge in [0.15, 0.2) is 0 Å². The third-order valence-corrected chi connectivity index (χ3v) is 2.72. The molecule has 0 radical (unpaired) electrons. The lowest BCUT2D eigenvalue weighted by molar-refractivity contribution is 1.26. The van der Waals surface area contributed by atoms with E-state index < -0.39 is 0 Å². The smallest absolute Gasteiger partial charge is 0.0418 e. The molecule has 0 fully saturated rings. The minimum Gasteiger partial charge on any atom is -0.359 e. The van der Waals surface area contributed by atoms with Crippen molar-refractivity contribution < 1.29 is 0 Å². The van der Waals surface area contributed by atoms with Crippen LogP contribution in [0.5, 0.6) is 0 Å². The SMILES string of the molecule is C=C1Cc2ccccc2N1.Clc1ccccc1. The summed E-state index contributed by atoms with van der Waals surface area (Å²) in [4.78, 5) is 0. The maximum absolute atomic E-state index is 5.54. The normalized spacial score (nSPS) is 12.2. The zero-order valence-corrected chi connectivity index (χ0v) is 10.2. The van der Waals surface area contributed by atoms with Crippen LogP contribution >= 0.6 is 11.6 Å². The largest absolute Gasteiger partial charge is 0.359 e. The molecule has 0 saturated carbocycles. The van der Waals surface area contributed by atoms with E-state index in [9.17, 15) is 0 Å². The van der Waals surface area contributed by atoms with E-state index in [-0.39, 0.29) is 0 Å². The molecule has 1 nitrogen and oxygen atoms in total. The summed E-state index contributed by atoms with van der Waals surface area (Å²) in [6.45, 7) is 3.86. The lowest BCUT2D eigenvalue weighted by atomic mass is 10.2. The van der Waals surface area contributed by atoms with Gasteiger partial charge in [0.25, 0.3) is 0 Å². The molecule has 0 atom stereocenters. The van der Waals surface area contributed by atoms with Crippen LogP contribution in [0.1, 0.15) is 5.56 Å². The fraction of sp³-hybridized carbons (Fsp3) is 0.0667. The average molecular weight is 244 g/mol. The molecule has 0 aromatic heterocycles. The molecule has 1 heterocycles. The molecular weight excluding hydrogens is 230 g/mol. The molecule has 0 aliphatic carbocycles. The van der Waals surface area contributed by atoms with Crippen LogP contribution in [0.3, 0.4) is 0 Å². The second-order valence-corrected chi connectivity index (χ2v) is 4.29. The van der Waals surface area contributed by atoms with Gasteiger partial charge in [-0.15, -0.1) is 0 Å². The molecule has 0 saturated heterocycles. The number of fused-ring (bicyclic) bond motifs is 1. The lowest BCUT2D eigenvalue weighted by Crippen LogP contribution is -1.86. The van der Waals surface area contributed by atoms with E-state index in [1.54, 1.807) is 0 Å². The van der Waals surface area contributed by atoms with E-state index in [1.807, 2.05) is 36.4 Å². The Morgan fingerprint density at radius 3 is 2.18 bits per heavy atom. The predicted octanol–water partition coefficient (Wildman–Crippen LogP) is 4.51. The minimum absolute atomic E-state index is 0.794. The van der Waals surface area contributed by atoms with Gasteiger partial charge in [-0.2, -0.15) is 0 Å². The Kier molecular flexibility index (Phi) is 3.84. The number of anilines is 1. The fourth-order valence-electron chi connectivity index (χ4n) is 1.68. The van der Waals surface area contributed by atoms with Crippen LogP contribution in [0.25, 0.3) is 0 Å². The number of allylic oxidation sites excluding steroid dienone is 1. The maximum Gasteiger partial charge on any atom is 0.0418 e. The zero-order valence-electron chi connectivity index (χ0n) is 9.49. The summed E-state index contributed by atoms with van der Waals surface area (Å²) in [5.74, 6) is 0.